The number of ether oxygens (including phenoxy) is 4. The lowest BCUT2D eigenvalue weighted by Gasteiger charge is -2.26. The molecule has 32 heavy (non-hydrogen) atoms. The fourth-order valence-electron chi connectivity index (χ4n) is 5.05. The molecule has 170 valence electrons. The molecule has 4 heteroatoms. The predicted octanol–water partition coefficient (Wildman–Crippen LogP) is 7.03. The van der Waals surface area contributed by atoms with Crippen LogP contribution in [0.2, 0.25) is 0 Å². The maximum atomic E-state index is 5.81. The fourth-order valence-corrected chi connectivity index (χ4v) is 5.05. The van der Waals surface area contributed by atoms with E-state index in [2.05, 4.69) is 54.2 Å². The van der Waals surface area contributed by atoms with E-state index in [1.807, 2.05) is 6.08 Å². The van der Waals surface area contributed by atoms with Gasteiger partial charge in [-0.2, -0.15) is 0 Å². The Bertz CT molecular complexity index is 1240. The molecule has 0 spiro atoms. The Hall–Kier alpha value is -3.14. The van der Waals surface area contributed by atoms with Crippen LogP contribution in [0.25, 0.3) is 28.0 Å². The second-order valence-electron chi connectivity index (χ2n) is 8.22. The molecule has 4 nitrogen and oxygen atoms in total. The van der Waals surface area contributed by atoms with Gasteiger partial charge in [0, 0.05) is 11.1 Å². The zero-order chi connectivity index (χ0) is 23.9. The molecule has 0 N–H and O–H groups in total. The summed E-state index contributed by atoms with van der Waals surface area (Å²) in [5, 5.41) is 2.36. The van der Waals surface area contributed by atoms with Crippen molar-refractivity contribution in [2.45, 2.75) is 41.5 Å². The fraction of sp³-hybridized carbons (Fsp3) is 0.357. The molecule has 0 fully saturated rings. The zero-order valence-electron chi connectivity index (χ0n) is 21.0. The molecule has 0 bridgehead atoms. The van der Waals surface area contributed by atoms with Gasteiger partial charge < -0.3 is 18.9 Å². The molecule has 0 saturated heterocycles. The monoisotopic (exact) mass is 434 g/mol. The lowest BCUT2D eigenvalue weighted by atomic mass is 9.81. The minimum atomic E-state index is 0.709. The van der Waals surface area contributed by atoms with E-state index in [9.17, 15) is 0 Å². The highest BCUT2D eigenvalue weighted by Gasteiger charge is 2.26. The first-order valence-corrected chi connectivity index (χ1v) is 10.7. The Morgan fingerprint density at radius 1 is 0.594 bits per heavy atom. The molecule has 0 radical (unpaired) electrons. The van der Waals surface area contributed by atoms with E-state index in [1.165, 1.54) is 27.6 Å². The Morgan fingerprint density at radius 2 is 1.16 bits per heavy atom. The van der Waals surface area contributed by atoms with Crippen LogP contribution in [-0.2, 0) is 0 Å². The third-order valence-corrected chi connectivity index (χ3v) is 6.86. The summed E-state index contributed by atoms with van der Waals surface area (Å²) >= 11 is 0. The highest BCUT2D eigenvalue weighted by atomic mass is 16.5. The number of benzene rings is 3. The van der Waals surface area contributed by atoms with Gasteiger partial charge in [-0.15, -0.1) is 0 Å². The van der Waals surface area contributed by atoms with E-state index in [1.54, 1.807) is 28.4 Å². The molecule has 0 unspecified atom stereocenters. The van der Waals surface area contributed by atoms with E-state index in [0.717, 1.165) is 50.5 Å². The van der Waals surface area contributed by atoms with Crippen LogP contribution >= 0.6 is 0 Å². The molecule has 0 aromatic heterocycles. The van der Waals surface area contributed by atoms with Crippen molar-refractivity contribution in [3.05, 3.63) is 51.6 Å². The van der Waals surface area contributed by atoms with Gasteiger partial charge in [0.15, 0.2) is 23.0 Å². The topological polar surface area (TPSA) is 36.9 Å². The number of aryl methyl sites for hydroxylation is 3. The Kier molecular flexibility index (Phi) is 6.45. The average molecular weight is 435 g/mol. The molecule has 3 aromatic carbocycles. The number of rotatable bonds is 6. The van der Waals surface area contributed by atoms with Crippen molar-refractivity contribution >= 4 is 16.8 Å². The minimum Gasteiger partial charge on any atom is -0.493 e. The molecule has 0 aliphatic rings. The lowest BCUT2D eigenvalue weighted by molar-refractivity contribution is 0.352. The summed E-state index contributed by atoms with van der Waals surface area (Å²) in [7, 11) is 6.72. The molecule has 0 aliphatic heterocycles. The maximum Gasteiger partial charge on any atom is 0.168 e. The average Bonchev–Trinajstić information content (AvgIpc) is 2.79. The third-order valence-electron chi connectivity index (χ3n) is 6.86. The number of hydrogen-bond acceptors (Lipinski definition) is 4. The molecule has 0 amide bonds. The summed E-state index contributed by atoms with van der Waals surface area (Å²) in [6.07, 6.45) is 1.86. The van der Waals surface area contributed by atoms with Gasteiger partial charge >= 0.3 is 0 Å². The first kappa shape index (κ1) is 23.5. The number of fused-ring (bicyclic) bond motifs is 1. The quantitative estimate of drug-likeness (QED) is 0.417. The molecular weight excluding hydrogens is 400 g/mol. The van der Waals surface area contributed by atoms with Crippen LogP contribution in [0.5, 0.6) is 23.0 Å². The summed E-state index contributed by atoms with van der Waals surface area (Å²) < 4.78 is 22.9. The molecule has 3 rings (SSSR count). The predicted molar refractivity (Wildman–Crippen MR) is 134 cm³/mol. The van der Waals surface area contributed by atoms with Gasteiger partial charge in [-0.05, 0) is 97.3 Å². The second-order valence-corrected chi connectivity index (χ2v) is 8.22. The van der Waals surface area contributed by atoms with Crippen molar-refractivity contribution in [1.29, 1.82) is 0 Å². The van der Waals surface area contributed by atoms with Crippen LogP contribution in [0.4, 0.5) is 0 Å². The lowest BCUT2D eigenvalue weighted by Crippen LogP contribution is -2.05. The van der Waals surface area contributed by atoms with Crippen LogP contribution in [0, 0.1) is 41.5 Å². The number of methoxy groups -OCH3 is 4. The Balaban J connectivity index is 2.60. The standard InChI is InChI=1S/C28H34O4/c1-12-20-25(16(4)17(5)27(31-10)28(20)32-11)24-15(3)14(2)23-19(7)26(30-9)22(29-8)13-21(23)18(24)6/h12-13H,1H2,2-11H3. The highest BCUT2D eigenvalue weighted by molar-refractivity contribution is 6.02. The second kappa shape index (κ2) is 8.78. The van der Waals surface area contributed by atoms with E-state index >= 15 is 0 Å². The van der Waals surface area contributed by atoms with Crippen molar-refractivity contribution in [1.82, 2.24) is 0 Å². The van der Waals surface area contributed by atoms with E-state index < -0.39 is 0 Å². The minimum absolute atomic E-state index is 0.709. The van der Waals surface area contributed by atoms with Gasteiger partial charge in [0.25, 0.3) is 0 Å². The summed E-state index contributed by atoms with van der Waals surface area (Å²) in [6.45, 7) is 16.9. The molecule has 3 aromatic rings. The van der Waals surface area contributed by atoms with Gasteiger partial charge in [0.2, 0.25) is 0 Å². The maximum absolute atomic E-state index is 5.81. The summed E-state index contributed by atoms with van der Waals surface area (Å²) in [6, 6.07) is 2.09. The SMILES string of the molecule is C=Cc1c(OC)c(OC)c(C)c(C)c1-c1c(C)c(C)c2c(C)c(OC)c(OC)cc2c1C. The Labute approximate surface area is 191 Å². The van der Waals surface area contributed by atoms with Crippen LogP contribution in [0.15, 0.2) is 12.6 Å². The zero-order valence-corrected chi connectivity index (χ0v) is 21.0. The van der Waals surface area contributed by atoms with E-state index in [-0.39, 0.29) is 0 Å². The van der Waals surface area contributed by atoms with Crippen molar-refractivity contribution < 1.29 is 18.9 Å². The summed E-state index contributed by atoms with van der Waals surface area (Å²) in [5.41, 5.74) is 10.2. The van der Waals surface area contributed by atoms with Crippen LogP contribution in [0.3, 0.4) is 0 Å². The van der Waals surface area contributed by atoms with Crippen LogP contribution in [0.1, 0.15) is 38.9 Å². The van der Waals surface area contributed by atoms with Crippen molar-refractivity contribution in [2.75, 3.05) is 28.4 Å². The largest absolute Gasteiger partial charge is 0.493 e. The molecule has 0 atom stereocenters. The van der Waals surface area contributed by atoms with Crippen molar-refractivity contribution in [3.8, 4) is 34.1 Å². The number of hydrogen-bond donors (Lipinski definition) is 0. The highest BCUT2D eigenvalue weighted by Crippen LogP contribution is 2.49. The third kappa shape index (κ3) is 3.21. The molecule has 0 heterocycles. The Morgan fingerprint density at radius 3 is 1.66 bits per heavy atom. The van der Waals surface area contributed by atoms with Crippen molar-refractivity contribution in [2.24, 2.45) is 0 Å². The summed E-state index contributed by atoms with van der Waals surface area (Å²) in [5.74, 6) is 2.97. The van der Waals surface area contributed by atoms with Gasteiger partial charge in [-0.25, -0.2) is 0 Å². The first-order valence-electron chi connectivity index (χ1n) is 10.7. The van der Waals surface area contributed by atoms with E-state index in [0.29, 0.717) is 5.75 Å². The van der Waals surface area contributed by atoms with Crippen LogP contribution < -0.4 is 18.9 Å². The van der Waals surface area contributed by atoms with Crippen LogP contribution in [-0.4, -0.2) is 28.4 Å². The van der Waals surface area contributed by atoms with Gasteiger partial charge in [0.1, 0.15) is 0 Å². The normalized spacial score (nSPS) is 10.9. The van der Waals surface area contributed by atoms with Crippen molar-refractivity contribution in [3.63, 3.8) is 0 Å². The smallest absolute Gasteiger partial charge is 0.168 e. The summed E-state index contributed by atoms with van der Waals surface area (Å²) in [4.78, 5) is 0. The van der Waals surface area contributed by atoms with E-state index in [4.69, 9.17) is 18.9 Å². The van der Waals surface area contributed by atoms with Gasteiger partial charge in [-0.3, -0.25) is 0 Å². The molecule has 0 aliphatic carbocycles. The first-order chi connectivity index (χ1) is 15.2. The van der Waals surface area contributed by atoms with Gasteiger partial charge in [-0.1, -0.05) is 12.7 Å². The molecule has 0 saturated carbocycles. The molecular formula is C28H34O4. The van der Waals surface area contributed by atoms with Gasteiger partial charge in [0.05, 0.1) is 28.4 Å².